The zero-order valence-electron chi connectivity index (χ0n) is 10.1. The van der Waals surface area contributed by atoms with Gasteiger partial charge in [0, 0.05) is 6.54 Å². The second kappa shape index (κ2) is 7.88. The lowest BCUT2D eigenvalue weighted by molar-refractivity contribution is 0.361. The highest BCUT2D eigenvalue weighted by Crippen LogP contribution is 2.08. The molecule has 0 saturated heterocycles. The van der Waals surface area contributed by atoms with E-state index in [1.807, 2.05) is 31.2 Å². The van der Waals surface area contributed by atoms with Gasteiger partial charge in [0.15, 0.2) is 0 Å². The van der Waals surface area contributed by atoms with Crippen LogP contribution in [0, 0.1) is 0 Å². The third-order valence-corrected chi connectivity index (χ3v) is 2.11. The van der Waals surface area contributed by atoms with Crippen molar-refractivity contribution < 1.29 is 4.74 Å². The zero-order valence-corrected chi connectivity index (χ0v) is 10.1. The maximum absolute atomic E-state index is 5.46. The first-order valence-corrected chi connectivity index (χ1v) is 5.76. The molecule has 0 unspecified atom stereocenters. The van der Waals surface area contributed by atoms with Crippen LogP contribution in [0.1, 0.15) is 26.0 Å². The Morgan fingerprint density at radius 2 is 2.31 bits per heavy atom. The predicted octanol–water partition coefficient (Wildman–Crippen LogP) is 2.54. The van der Waals surface area contributed by atoms with Crippen LogP contribution in [0.4, 0.5) is 0 Å². The summed E-state index contributed by atoms with van der Waals surface area (Å²) in [5, 5.41) is 3.31. The van der Waals surface area contributed by atoms with Crippen LogP contribution >= 0.6 is 0 Å². The number of hydrogen-bond donors (Lipinski definition) is 1. The fraction of sp³-hybridized carbons (Fsp3) is 0.462. The molecule has 0 aliphatic heterocycles. The van der Waals surface area contributed by atoms with Crippen molar-refractivity contribution in [1.82, 2.24) is 10.3 Å². The number of allylic oxidation sites excluding steroid dienone is 1. The number of rotatable bonds is 7. The molecule has 1 N–H and O–H groups in total. The largest absolute Gasteiger partial charge is 0.488 e. The standard InChI is InChI=1S/C13H20N2O/c1-3-5-9-16-13-7-6-12(15-11-13)10-14-8-4-2/h3,5-7,11,14H,4,8-10H2,1-2H3. The second-order valence-electron chi connectivity index (χ2n) is 3.54. The maximum atomic E-state index is 5.46. The van der Waals surface area contributed by atoms with E-state index in [4.69, 9.17) is 4.74 Å². The topological polar surface area (TPSA) is 34.1 Å². The lowest BCUT2D eigenvalue weighted by atomic mass is 10.3. The zero-order chi connectivity index (χ0) is 11.6. The molecule has 1 heterocycles. The van der Waals surface area contributed by atoms with Gasteiger partial charge in [-0.05, 0) is 32.0 Å². The number of ether oxygens (including phenoxy) is 1. The Morgan fingerprint density at radius 1 is 1.44 bits per heavy atom. The average Bonchev–Trinajstić information content (AvgIpc) is 2.32. The van der Waals surface area contributed by atoms with Crippen LogP contribution in [0.5, 0.6) is 5.75 Å². The molecular weight excluding hydrogens is 200 g/mol. The van der Waals surface area contributed by atoms with E-state index in [-0.39, 0.29) is 0 Å². The van der Waals surface area contributed by atoms with Crippen molar-refractivity contribution >= 4 is 0 Å². The Balaban J connectivity index is 2.35. The first-order valence-electron chi connectivity index (χ1n) is 5.76. The van der Waals surface area contributed by atoms with E-state index in [1.165, 1.54) is 0 Å². The smallest absolute Gasteiger partial charge is 0.138 e. The van der Waals surface area contributed by atoms with Gasteiger partial charge in [-0.25, -0.2) is 0 Å². The molecule has 3 heteroatoms. The molecule has 0 aliphatic rings. The molecule has 1 aromatic heterocycles. The van der Waals surface area contributed by atoms with Crippen molar-refractivity contribution in [1.29, 1.82) is 0 Å². The van der Waals surface area contributed by atoms with Gasteiger partial charge in [-0.3, -0.25) is 4.98 Å². The maximum Gasteiger partial charge on any atom is 0.138 e. The minimum absolute atomic E-state index is 0.603. The van der Waals surface area contributed by atoms with Crippen LogP contribution < -0.4 is 10.1 Å². The molecule has 0 fully saturated rings. The average molecular weight is 220 g/mol. The minimum Gasteiger partial charge on any atom is -0.488 e. The molecule has 1 aromatic rings. The second-order valence-corrected chi connectivity index (χ2v) is 3.54. The Kier molecular flexibility index (Phi) is 6.26. The Hall–Kier alpha value is -1.35. The van der Waals surface area contributed by atoms with Crippen molar-refractivity contribution in [3.8, 4) is 5.75 Å². The van der Waals surface area contributed by atoms with Gasteiger partial charge >= 0.3 is 0 Å². The minimum atomic E-state index is 0.603. The molecule has 0 amide bonds. The molecule has 0 radical (unpaired) electrons. The molecule has 0 atom stereocenters. The molecule has 1 rings (SSSR count). The Bertz CT molecular complexity index is 306. The predicted molar refractivity (Wildman–Crippen MR) is 66.5 cm³/mol. The van der Waals surface area contributed by atoms with Gasteiger partial charge in [-0.15, -0.1) is 0 Å². The van der Waals surface area contributed by atoms with Gasteiger partial charge < -0.3 is 10.1 Å². The van der Waals surface area contributed by atoms with Gasteiger partial charge in [0.05, 0.1) is 11.9 Å². The van der Waals surface area contributed by atoms with Gasteiger partial charge in [-0.2, -0.15) is 0 Å². The number of nitrogens with zero attached hydrogens (tertiary/aromatic N) is 1. The van der Waals surface area contributed by atoms with Crippen LogP contribution in [0.3, 0.4) is 0 Å². The molecular formula is C13H20N2O. The van der Waals surface area contributed by atoms with E-state index in [0.29, 0.717) is 6.61 Å². The summed E-state index contributed by atoms with van der Waals surface area (Å²) >= 11 is 0. The molecule has 0 saturated carbocycles. The van der Waals surface area contributed by atoms with E-state index < -0.39 is 0 Å². The highest BCUT2D eigenvalue weighted by Gasteiger charge is 1.95. The van der Waals surface area contributed by atoms with Crippen LogP contribution in [0.15, 0.2) is 30.5 Å². The van der Waals surface area contributed by atoms with E-state index >= 15 is 0 Å². The van der Waals surface area contributed by atoms with Gasteiger partial charge in [0.2, 0.25) is 0 Å². The quantitative estimate of drug-likeness (QED) is 0.566. The van der Waals surface area contributed by atoms with E-state index in [1.54, 1.807) is 6.20 Å². The van der Waals surface area contributed by atoms with Crippen molar-refractivity contribution in [3.05, 3.63) is 36.2 Å². The van der Waals surface area contributed by atoms with Crippen molar-refractivity contribution in [3.63, 3.8) is 0 Å². The lowest BCUT2D eigenvalue weighted by Gasteiger charge is -2.05. The van der Waals surface area contributed by atoms with E-state index in [9.17, 15) is 0 Å². The van der Waals surface area contributed by atoms with Crippen LogP contribution in [0.25, 0.3) is 0 Å². The summed E-state index contributed by atoms with van der Waals surface area (Å²) in [4.78, 5) is 4.32. The third kappa shape index (κ3) is 4.94. The molecule has 3 nitrogen and oxygen atoms in total. The molecule has 16 heavy (non-hydrogen) atoms. The van der Waals surface area contributed by atoms with Crippen molar-refractivity contribution in [2.45, 2.75) is 26.8 Å². The summed E-state index contributed by atoms with van der Waals surface area (Å²) in [5.41, 5.74) is 1.05. The summed E-state index contributed by atoms with van der Waals surface area (Å²) < 4.78 is 5.46. The first kappa shape index (κ1) is 12.7. The van der Waals surface area contributed by atoms with Gasteiger partial charge in [0.25, 0.3) is 0 Å². The summed E-state index contributed by atoms with van der Waals surface area (Å²) in [7, 11) is 0. The summed E-state index contributed by atoms with van der Waals surface area (Å²) in [6, 6.07) is 3.95. The van der Waals surface area contributed by atoms with E-state index in [2.05, 4.69) is 17.2 Å². The van der Waals surface area contributed by atoms with Crippen LogP contribution in [-0.4, -0.2) is 18.1 Å². The fourth-order valence-corrected chi connectivity index (χ4v) is 1.23. The molecule has 0 aromatic carbocycles. The van der Waals surface area contributed by atoms with Gasteiger partial charge in [0.1, 0.15) is 12.4 Å². The summed E-state index contributed by atoms with van der Waals surface area (Å²) in [6.45, 7) is 6.58. The SMILES string of the molecule is CC=CCOc1ccc(CNCCC)nc1. The van der Waals surface area contributed by atoms with Crippen LogP contribution in [0.2, 0.25) is 0 Å². The third-order valence-electron chi connectivity index (χ3n) is 2.11. The number of nitrogens with one attached hydrogen (secondary N) is 1. The molecule has 0 bridgehead atoms. The normalized spacial score (nSPS) is 10.9. The number of hydrogen-bond acceptors (Lipinski definition) is 3. The number of aromatic nitrogens is 1. The van der Waals surface area contributed by atoms with Gasteiger partial charge in [-0.1, -0.05) is 19.1 Å². The Labute approximate surface area is 97.5 Å². The van der Waals surface area contributed by atoms with Crippen LogP contribution in [-0.2, 0) is 6.54 Å². The van der Waals surface area contributed by atoms with Crippen molar-refractivity contribution in [2.24, 2.45) is 0 Å². The highest BCUT2D eigenvalue weighted by atomic mass is 16.5. The monoisotopic (exact) mass is 220 g/mol. The fourth-order valence-electron chi connectivity index (χ4n) is 1.23. The molecule has 0 spiro atoms. The Morgan fingerprint density at radius 3 is 2.94 bits per heavy atom. The highest BCUT2D eigenvalue weighted by molar-refractivity contribution is 5.20. The van der Waals surface area contributed by atoms with E-state index in [0.717, 1.165) is 31.0 Å². The first-order chi connectivity index (χ1) is 7.86. The molecule has 88 valence electrons. The molecule has 0 aliphatic carbocycles. The lowest BCUT2D eigenvalue weighted by Crippen LogP contribution is -2.14. The summed E-state index contributed by atoms with van der Waals surface area (Å²) in [6.07, 6.45) is 6.85. The number of pyridine rings is 1. The summed E-state index contributed by atoms with van der Waals surface area (Å²) in [5.74, 6) is 0.817. The van der Waals surface area contributed by atoms with Crippen molar-refractivity contribution in [2.75, 3.05) is 13.2 Å².